The van der Waals surface area contributed by atoms with Crippen LogP contribution in [-0.4, -0.2) is 9.78 Å². The zero-order chi connectivity index (χ0) is 15.6. The van der Waals surface area contributed by atoms with Gasteiger partial charge in [0.2, 0.25) is 0 Å². The summed E-state index contributed by atoms with van der Waals surface area (Å²) >= 11 is 9.85. The van der Waals surface area contributed by atoms with Crippen molar-refractivity contribution in [3.05, 3.63) is 50.2 Å². The Kier molecular flexibility index (Phi) is 5.43. The number of nitrogens with two attached hydrogens (primary N) is 1. The molecule has 1 atom stereocenters. The monoisotopic (exact) mass is 370 g/mol. The lowest BCUT2D eigenvalue weighted by Gasteiger charge is -2.17. The van der Waals surface area contributed by atoms with Crippen molar-refractivity contribution >= 4 is 27.5 Å². The van der Waals surface area contributed by atoms with Crippen LogP contribution in [0.3, 0.4) is 0 Å². The first kappa shape index (κ1) is 16.5. The molecule has 1 aromatic carbocycles. The van der Waals surface area contributed by atoms with Crippen LogP contribution >= 0.6 is 27.5 Å². The third kappa shape index (κ3) is 3.48. The van der Waals surface area contributed by atoms with E-state index < -0.39 is 0 Å². The summed E-state index contributed by atoms with van der Waals surface area (Å²) in [6, 6.07) is 6.01. The summed E-state index contributed by atoms with van der Waals surface area (Å²) in [6.07, 6.45) is 1.63. The van der Waals surface area contributed by atoms with E-state index in [-0.39, 0.29) is 6.04 Å². The van der Waals surface area contributed by atoms with Crippen molar-refractivity contribution in [2.75, 3.05) is 0 Å². The van der Waals surface area contributed by atoms with Crippen LogP contribution in [0.2, 0.25) is 5.02 Å². The van der Waals surface area contributed by atoms with Crippen molar-refractivity contribution in [2.45, 2.75) is 32.7 Å². The van der Waals surface area contributed by atoms with Crippen molar-refractivity contribution in [1.82, 2.24) is 15.2 Å². The molecular formula is C15H20BrClN4. The normalized spacial score (nSPS) is 12.7. The average Bonchev–Trinajstić information content (AvgIpc) is 2.74. The van der Waals surface area contributed by atoms with Crippen molar-refractivity contribution < 1.29 is 0 Å². The molecule has 3 N–H and O–H groups in total. The molecule has 0 bridgehead atoms. The largest absolute Gasteiger partial charge is 0.271 e. The summed E-state index contributed by atoms with van der Waals surface area (Å²) in [5.74, 6) is 5.74. The Hall–Kier alpha value is -0.880. The van der Waals surface area contributed by atoms with Gasteiger partial charge in [-0.1, -0.05) is 30.7 Å². The molecule has 0 spiro atoms. The van der Waals surface area contributed by atoms with Gasteiger partial charge in [-0.3, -0.25) is 16.0 Å². The lowest BCUT2D eigenvalue weighted by molar-refractivity contribution is 0.529. The van der Waals surface area contributed by atoms with Crippen LogP contribution in [0.5, 0.6) is 0 Å². The zero-order valence-electron chi connectivity index (χ0n) is 12.5. The quantitative estimate of drug-likeness (QED) is 0.625. The number of nitrogens with one attached hydrogen (secondary N) is 1. The molecule has 0 aliphatic rings. The highest BCUT2D eigenvalue weighted by atomic mass is 79.9. The third-order valence-electron chi connectivity index (χ3n) is 3.70. The highest BCUT2D eigenvalue weighted by Gasteiger charge is 2.18. The number of nitrogens with zero attached hydrogens (tertiary/aromatic N) is 2. The summed E-state index contributed by atoms with van der Waals surface area (Å²) in [4.78, 5) is 0. The predicted molar refractivity (Wildman–Crippen MR) is 90.2 cm³/mol. The molecule has 2 aromatic rings. The fourth-order valence-corrected chi connectivity index (χ4v) is 3.30. The predicted octanol–water partition coefficient (Wildman–Crippen LogP) is 3.45. The average molecular weight is 372 g/mol. The van der Waals surface area contributed by atoms with E-state index in [9.17, 15) is 0 Å². The summed E-state index contributed by atoms with van der Waals surface area (Å²) in [7, 11) is 1.95. The van der Waals surface area contributed by atoms with Gasteiger partial charge >= 0.3 is 0 Å². The van der Waals surface area contributed by atoms with Crippen molar-refractivity contribution in [3.63, 3.8) is 0 Å². The Morgan fingerprint density at radius 3 is 2.71 bits per heavy atom. The number of hydrazine groups is 1. The molecule has 0 saturated heterocycles. The van der Waals surface area contributed by atoms with Gasteiger partial charge in [0.1, 0.15) is 0 Å². The Bertz CT molecular complexity index is 639. The minimum atomic E-state index is -0.0143. The van der Waals surface area contributed by atoms with Crippen molar-refractivity contribution in [3.8, 4) is 0 Å². The van der Waals surface area contributed by atoms with Gasteiger partial charge < -0.3 is 0 Å². The summed E-state index contributed by atoms with van der Waals surface area (Å²) in [6.45, 7) is 4.08. The maximum Gasteiger partial charge on any atom is 0.0766 e. The second-order valence-electron chi connectivity index (χ2n) is 5.12. The fraction of sp³-hybridized carbons (Fsp3) is 0.400. The molecule has 0 aliphatic carbocycles. The van der Waals surface area contributed by atoms with Gasteiger partial charge in [-0.05, 0) is 46.5 Å². The molecule has 2 rings (SSSR count). The van der Waals surface area contributed by atoms with E-state index in [2.05, 4.69) is 39.4 Å². The highest BCUT2D eigenvalue weighted by molar-refractivity contribution is 9.10. The maximum absolute atomic E-state index is 6.21. The summed E-state index contributed by atoms with van der Waals surface area (Å²) < 4.78 is 2.97. The Morgan fingerprint density at radius 2 is 2.19 bits per heavy atom. The minimum absolute atomic E-state index is 0.0143. The van der Waals surface area contributed by atoms with E-state index in [4.69, 9.17) is 17.4 Å². The van der Waals surface area contributed by atoms with E-state index >= 15 is 0 Å². The molecule has 0 aliphatic heterocycles. The molecule has 0 radical (unpaired) electrons. The SMILES string of the molecule is CCc1nn(C)c(CC(NN)c2ccc(C)c(Cl)c2)c1Br. The van der Waals surface area contributed by atoms with Gasteiger partial charge in [0.15, 0.2) is 0 Å². The van der Waals surface area contributed by atoms with Crippen molar-refractivity contribution in [2.24, 2.45) is 12.9 Å². The maximum atomic E-state index is 6.21. The minimum Gasteiger partial charge on any atom is -0.271 e. The summed E-state index contributed by atoms with van der Waals surface area (Å²) in [5.41, 5.74) is 7.18. The van der Waals surface area contributed by atoms with Crippen LogP contribution in [-0.2, 0) is 19.9 Å². The number of aryl methyl sites for hydroxylation is 3. The molecule has 1 unspecified atom stereocenters. The van der Waals surface area contributed by atoms with Crippen LogP contribution in [0.4, 0.5) is 0 Å². The molecule has 21 heavy (non-hydrogen) atoms. The van der Waals surface area contributed by atoms with Crippen LogP contribution in [0.15, 0.2) is 22.7 Å². The van der Waals surface area contributed by atoms with Crippen LogP contribution in [0, 0.1) is 6.92 Å². The molecule has 1 heterocycles. The summed E-state index contributed by atoms with van der Waals surface area (Å²) in [5, 5.41) is 5.27. The molecule has 114 valence electrons. The van der Waals surface area contributed by atoms with E-state index in [0.717, 1.165) is 44.9 Å². The lowest BCUT2D eigenvalue weighted by atomic mass is 10.0. The molecule has 1 aromatic heterocycles. The van der Waals surface area contributed by atoms with E-state index in [1.807, 2.05) is 30.8 Å². The Morgan fingerprint density at radius 1 is 1.48 bits per heavy atom. The van der Waals surface area contributed by atoms with Gasteiger partial charge in [-0.15, -0.1) is 0 Å². The first-order chi connectivity index (χ1) is 9.97. The smallest absolute Gasteiger partial charge is 0.0766 e. The number of hydrogen-bond donors (Lipinski definition) is 2. The number of benzene rings is 1. The van der Waals surface area contributed by atoms with Gasteiger partial charge in [0, 0.05) is 18.5 Å². The number of rotatable bonds is 5. The van der Waals surface area contributed by atoms with E-state index in [1.165, 1.54) is 0 Å². The van der Waals surface area contributed by atoms with Crippen molar-refractivity contribution in [1.29, 1.82) is 0 Å². The molecule has 4 nitrogen and oxygen atoms in total. The molecular weight excluding hydrogens is 352 g/mol. The van der Waals surface area contributed by atoms with Gasteiger partial charge in [0.25, 0.3) is 0 Å². The topological polar surface area (TPSA) is 55.9 Å². The first-order valence-electron chi connectivity index (χ1n) is 6.90. The van der Waals surface area contributed by atoms with E-state index in [0.29, 0.717) is 0 Å². The standard InChI is InChI=1S/C15H20BrClN4/c1-4-12-15(16)14(21(3)20-12)8-13(19-18)10-6-5-9(2)11(17)7-10/h5-7,13,19H,4,8,18H2,1-3H3. The fourth-order valence-electron chi connectivity index (χ4n) is 2.33. The highest BCUT2D eigenvalue weighted by Crippen LogP contribution is 2.28. The van der Waals surface area contributed by atoms with E-state index in [1.54, 1.807) is 0 Å². The number of halogens is 2. The molecule has 0 saturated carbocycles. The molecule has 0 amide bonds. The first-order valence-corrected chi connectivity index (χ1v) is 8.07. The molecule has 0 fully saturated rings. The number of hydrogen-bond acceptors (Lipinski definition) is 3. The molecule has 6 heteroatoms. The second kappa shape index (κ2) is 6.92. The van der Waals surface area contributed by atoms with Crippen LogP contribution in [0.1, 0.15) is 35.5 Å². The van der Waals surface area contributed by atoms with Gasteiger partial charge in [0.05, 0.1) is 21.9 Å². The lowest BCUT2D eigenvalue weighted by Crippen LogP contribution is -2.30. The van der Waals surface area contributed by atoms with Crippen LogP contribution in [0.25, 0.3) is 0 Å². The number of aromatic nitrogens is 2. The van der Waals surface area contributed by atoms with Crippen LogP contribution < -0.4 is 11.3 Å². The third-order valence-corrected chi connectivity index (χ3v) is 5.02. The Balaban J connectivity index is 2.31. The second-order valence-corrected chi connectivity index (χ2v) is 6.32. The van der Waals surface area contributed by atoms with Gasteiger partial charge in [-0.2, -0.15) is 5.10 Å². The Labute approximate surface area is 138 Å². The van der Waals surface area contributed by atoms with Gasteiger partial charge in [-0.25, -0.2) is 0 Å². The zero-order valence-corrected chi connectivity index (χ0v) is 14.8.